The first-order valence-electron chi connectivity index (χ1n) is 12.4. The van der Waals surface area contributed by atoms with E-state index in [4.69, 9.17) is 10.2 Å². The molecular weight excluding hydrogens is 404 g/mol. The number of carbonyl (C=O) groups excluding carboxylic acids is 1. The van der Waals surface area contributed by atoms with Gasteiger partial charge in [0.25, 0.3) is 0 Å². The third-order valence-electron chi connectivity index (χ3n) is 9.01. The summed E-state index contributed by atoms with van der Waals surface area (Å²) in [5, 5.41) is 9.40. The van der Waals surface area contributed by atoms with Crippen molar-refractivity contribution >= 4 is 6.03 Å². The highest BCUT2D eigenvalue weighted by Gasteiger charge is 2.59. The van der Waals surface area contributed by atoms with Crippen molar-refractivity contribution in [3.63, 3.8) is 0 Å². The van der Waals surface area contributed by atoms with Crippen LogP contribution in [0.3, 0.4) is 0 Å². The average molecular weight is 435 g/mol. The summed E-state index contributed by atoms with van der Waals surface area (Å²) in [4.78, 5) is 26.0. The molecule has 8 rings (SSSR count). The van der Waals surface area contributed by atoms with E-state index >= 15 is 0 Å². The maximum atomic E-state index is 12.9. The second-order valence-corrected chi connectivity index (χ2v) is 11.8. The minimum Gasteiger partial charge on any atom is -0.323 e. The Balaban J connectivity index is 0.809. The molecule has 4 aliphatic carbocycles. The van der Waals surface area contributed by atoms with Crippen molar-refractivity contribution in [3.8, 4) is 0 Å². The molecule has 2 aliphatic heterocycles. The molecule has 9 nitrogen and oxygen atoms in total. The lowest BCUT2D eigenvalue weighted by Crippen LogP contribution is -2.71. The van der Waals surface area contributed by atoms with Crippen LogP contribution in [0.2, 0.25) is 0 Å². The van der Waals surface area contributed by atoms with E-state index in [1.807, 2.05) is 12.7 Å². The van der Waals surface area contributed by atoms with Crippen molar-refractivity contribution in [2.24, 2.45) is 10.8 Å². The van der Waals surface area contributed by atoms with E-state index in [2.05, 4.69) is 29.1 Å². The number of likely N-dealkylation sites (tertiary alicyclic amines) is 2. The van der Waals surface area contributed by atoms with E-state index < -0.39 is 0 Å². The molecule has 4 heterocycles. The highest BCUT2D eigenvalue weighted by molar-refractivity contribution is 5.77. The molecule has 0 atom stereocenters. The van der Waals surface area contributed by atoms with Crippen molar-refractivity contribution in [2.45, 2.75) is 75.3 Å². The summed E-state index contributed by atoms with van der Waals surface area (Å²) in [5.74, 6) is 3.30. The molecule has 0 N–H and O–H groups in total. The van der Waals surface area contributed by atoms with Gasteiger partial charge in [-0.05, 0) is 51.4 Å². The monoisotopic (exact) mass is 434 g/mol. The fraction of sp³-hybridized carbons (Fsp3) is 0.783. The van der Waals surface area contributed by atoms with Gasteiger partial charge in [-0.15, -0.1) is 0 Å². The van der Waals surface area contributed by atoms with Gasteiger partial charge in [0.2, 0.25) is 0 Å². The summed E-state index contributed by atoms with van der Waals surface area (Å²) in [6, 6.07) is 1.20. The van der Waals surface area contributed by atoms with Gasteiger partial charge in [-0.1, -0.05) is 0 Å². The average Bonchev–Trinajstić information content (AvgIpc) is 3.59. The third-order valence-corrected chi connectivity index (χ3v) is 9.01. The first-order chi connectivity index (χ1) is 15.6. The summed E-state index contributed by atoms with van der Waals surface area (Å²) in [6.45, 7) is 3.67. The Kier molecular flexibility index (Phi) is 3.33. The SMILES string of the molecule is O=C(N1CC2(CC(n3cnc(C4CC4)n3)C2)C1)N1CC2(CC(n3cnc(C4CC4)n3)C2)C1. The molecule has 0 unspecified atom stereocenters. The van der Waals surface area contributed by atoms with Gasteiger partial charge in [0.1, 0.15) is 12.7 Å². The number of hydrogen-bond acceptors (Lipinski definition) is 5. The molecule has 2 aromatic rings. The Hall–Kier alpha value is -2.45. The Bertz CT molecular complexity index is 985. The zero-order chi connectivity index (χ0) is 21.1. The summed E-state index contributed by atoms with van der Waals surface area (Å²) >= 11 is 0. The summed E-state index contributed by atoms with van der Waals surface area (Å²) in [6.07, 6.45) is 13.4. The van der Waals surface area contributed by atoms with Gasteiger partial charge in [-0.25, -0.2) is 24.1 Å². The van der Waals surface area contributed by atoms with Crippen molar-refractivity contribution in [2.75, 3.05) is 26.2 Å². The third kappa shape index (κ3) is 2.65. The van der Waals surface area contributed by atoms with Crippen LogP contribution in [-0.4, -0.2) is 71.5 Å². The number of rotatable bonds is 4. The molecule has 0 bridgehead atoms. The van der Waals surface area contributed by atoms with Crippen LogP contribution in [0.15, 0.2) is 12.7 Å². The Morgan fingerprint density at radius 3 is 1.50 bits per heavy atom. The maximum absolute atomic E-state index is 12.9. The molecule has 2 aromatic heterocycles. The smallest absolute Gasteiger partial charge is 0.320 e. The highest BCUT2D eigenvalue weighted by Crippen LogP contribution is 2.57. The number of hydrogen-bond donors (Lipinski definition) is 0. The Morgan fingerprint density at radius 2 is 1.12 bits per heavy atom. The van der Waals surface area contributed by atoms with Gasteiger partial charge >= 0.3 is 6.03 Å². The number of urea groups is 1. The zero-order valence-electron chi connectivity index (χ0n) is 18.4. The van der Waals surface area contributed by atoms with Crippen molar-refractivity contribution < 1.29 is 4.79 Å². The molecule has 2 saturated heterocycles. The van der Waals surface area contributed by atoms with E-state index in [1.165, 1.54) is 25.7 Å². The standard InChI is InChI=1S/C23H30N8O/c32-21(28-9-22(10-28)5-17(6-22)30-13-24-19(26-30)15-1-2-15)29-11-23(12-29)7-18(8-23)31-14-25-20(27-31)16-3-4-16/h13-18H,1-12H2. The van der Waals surface area contributed by atoms with Gasteiger partial charge in [0, 0.05) is 48.8 Å². The van der Waals surface area contributed by atoms with Gasteiger partial charge in [-0.2, -0.15) is 10.2 Å². The fourth-order valence-electron chi connectivity index (χ4n) is 6.75. The predicted molar refractivity (Wildman–Crippen MR) is 114 cm³/mol. The van der Waals surface area contributed by atoms with Gasteiger partial charge in [0.05, 0.1) is 12.1 Å². The molecule has 32 heavy (non-hydrogen) atoms. The van der Waals surface area contributed by atoms with Crippen LogP contribution < -0.4 is 0 Å². The zero-order valence-corrected chi connectivity index (χ0v) is 18.4. The molecule has 168 valence electrons. The quantitative estimate of drug-likeness (QED) is 0.739. The first-order valence-corrected chi connectivity index (χ1v) is 12.4. The lowest BCUT2D eigenvalue weighted by Gasteiger charge is -2.63. The number of nitrogens with zero attached hydrogens (tertiary/aromatic N) is 8. The van der Waals surface area contributed by atoms with Crippen LogP contribution in [0, 0.1) is 10.8 Å². The normalized spacial score (nSPS) is 28.4. The number of aromatic nitrogens is 6. The number of amides is 2. The van der Waals surface area contributed by atoms with Crippen molar-refractivity contribution in [1.82, 2.24) is 39.3 Å². The van der Waals surface area contributed by atoms with E-state index in [0.29, 0.717) is 34.7 Å². The van der Waals surface area contributed by atoms with E-state index in [9.17, 15) is 4.79 Å². The summed E-state index contributed by atoms with van der Waals surface area (Å²) in [7, 11) is 0. The van der Waals surface area contributed by atoms with E-state index in [1.54, 1.807) is 0 Å². The van der Waals surface area contributed by atoms with Gasteiger partial charge in [0.15, 0.2) is 11.6 Å². The molecule has 6 fully saturated rings. The van der Waals surface area contributed by atoms with E-state index in [-0.39, 0.29) is 6.03 Å². The van der Waals surface area contributed by atoms with Crippen LogP contribution in [-0.2, 0) is 0 Å². The van der Waals surface area contributed by atoms with Crippen LogP contribution in [0.4, 0.5) is 4.79 Å². The molecular formula is C23H30N8O. The fourth-order valence-corrected chi connectivity index (χ4v) is 6.75. The molecule has 6 aliphatic rings. The van der Waals surface area contributed by atoms with Crippen LogP contribution in [0.1, 0.15) is 86.9 Å². The van der Waals surface area contributed by atoms with Gasteiger partial charge in [-0.3, -0.25) is 0 Å². The van der Waals surface area contributed by atoms with Gasteiger partial charge < -0.3 is 9.80 Å². The largest absolute Gasteiger partial charge is 0.323 e. The molecule has 4 saturated carbocycles. The molecule has 0 radical (unpaired) electrons. The van der Waals surface area contributed by atoms with Crippen molar-refractivity contribution in [1.29, 1.82) is 0 Å². The lowest BCUT2D eigenvalue weighted by atomic mass is 9.60. The summed E-state index contributed by atoms with van der Waals surface area (Å²) in [5.41, 5.74) is 0.672. The maximum Gasteiger partial charge on any atom is 0.320 e. The van der Waals surface area contributed by atoms with E-state index in [0.717, 1.165) is 63.5 Å². The minimum atomic E-state index is 0.252. The lowest BCUT2D eigenvalue weighted by molar-refractivity contribution is -0.105. The van der Waals surface area contributed by atoms with Crippen LogP contribution in [0.5, 0.6) is 0 Å². The van der Waals surface area contributed by atoms with Crippen molar-refractivity contribution in [3.05, 3.63) is 24.3 Å². The first kappa shape index (κ1) is 18.0. The topological polar surface area (TPSA) is 85.0 Å². The predicted octanol–water partition coefficient (Wildman–Crippen LogP) is 2.72. The second-order valence-electron chi connectivity index (χ2n) is 11.8. The Labute approximate surface area is 187 Å². The minimum absolute atomic E-state index is 0.252. The summed E-state index contributed by atoms with van der Waals surface area (Å²) < 4.78 is 4.16. The van der Waals surface area contributed by atoms with Crippen LogP contribution in [0.25, 0.3) is 0 Å². The molecule has 2 amide bonds. The number of carbonyl (C=O) groups is 1. The van der Waals surface area contributed by atoms with Crippen LogP contribution >= 0.6 is 0 Å². The Morgan fingerprint density at radius 1 is 0.719 bits per heavy atom. The molecule has 9 heteroatoms. The molecule has 2 spiro atoms. The highest BCUT2D eigenvalue weighted by atomic mass is 16.2. The second kappa shape index (κ2) is 5.91. The molecule has 0 aromatic carbocycles.